The number of carbonyl (C=O) groups excluding carboxylic acids is 1. The summed E-state index contributed by atoms with van der Waals surface area (Å²) in [6.07, 6.45) is 0.964. The molecular formula is C17H17N7OS2. The first-order chi connectivity index (χ1) is 13.0. The summed E-state index contributed by atoms with van der Waals surface area (Å²) in [5, 5.41) is 11.5. The van der Waals surface area contributed by atoms with Crippen molar-refractivity contribution in [3.05, 3.63) is 46.5 Å². The highest BCUT2D eigenvalue weighted by Gasteiger charge is 2.19. The first-order valence-corrected chi connectivity index (χ1v) is 9.98. The molecule has 0 saturated carbocycles. The van der Waals surface area contributed by atoms with Crippen molar-refractivity contribution in [3.8, 4) is 0 Å². The van der Waals surface area contributed by atoms with E-state index in [2.05, 4.69) is 48.4 Å². The van der Waals surface area contributed by atoms with Gasteiger partial charge in [-0.2, -0.15) is 8.75 Å². The predicted octanol–water partition coefficient (Wildman–Crippen LogP) is 3.22. The minimum absolute atomic E-state index is 0.282. The molecule has 3 aromatic heterocycles. The average Bonchev–Trinajstić information content (AvgIpc) is 3.34. The largest absolute Gasteiger partial charge is 0.296 e. The summed E-state index contributed by atoms with van der Waals surface area (Å²) in [4.78, 5) is 17.1. The number of aromatic nitrogens is 6. The number of nitrogens with one attached hydrogen (secondary N) is 1. The number of rotatable bonds is 5. The highest BCUT2D eigenvalue weighted by atomic mass is 32.1. The summed E-state index contributed by atoms with van der Waals surface area (Å²) in [5.74, 6) is -0.318. The van der Waals surface area contributed by atoms with Gasteiger partial charge in [-0.05, 0) is 38.0 Å². The van der Waals surface area contributed by atoms with E-state index in [1.54, 1.807) is 4.68 Å². The van der Waals surface area contributed by atoms with Gasteiger partial charge in [0.2, 0.25) is 0 Å². The van der Waals surface area contributed by atoms with Crippen LogP contribution in [0, 0.1) is 13.8 Å². The van der Waals surface area contributed by atoms with E-state index in [0.717, 1.165) is 39.8 Å². The molecule has 10 heteroatoms. The second-order valence-electron chi connectivity index (χ2n) is 6.11. The summed E-state index contributed by atoms with van der Waals surface area (Å²) in [5.41, 5.74) is 4.77. The van der Waals surface area contributed by atoms with Gasteiger partial charge in [0, 0.05) is 0 Å². The van der Waals surface area contributed by atoms with Crippen molar-refractivity contribution in [2.75, 3.05) is 5.32 Å². The Balaban J connectivity index is 1.54. The molecule has 1 amide bonds. The van der Waals surface area contributed by atoms with Gasteiger partial charge in [0.25, 0.3) is 5.91 Å². The van der Waals surface area contributed by atoms with Crippen LogP contribution < -0.4 is 5.32 Å². The fourth-order valence-electron chi connectivity index (χ4n) is 2.65. The molecule has 0 aliphatic carbocycles. The molecule has 0 saturated heterocycles. The number of fused-ring (bicyclic) bond motifs is 1. The maximum absolute atomic E-state index is 12.6. The Hall–Kier alpha value is -2.72. The second-order valence-corrected chi connectivity index (χ2v) is 7.67. The number of hydrogen-bond donors (Lipinski definition) is 1. The van der Waals surface area contributed by atoms with E-state index in [4.69, 9.17) is 0 Å². The summed E-state index contributed by atoms with van der Waals surface area (Å²) in [6.45, 7) is 6.27. The number of benzene rings is 1. The van der Waals surface area contributed by atoms with Crippen molar-refractivity contribution in [2.45, 2.75) is 33.7 Å². The Morgan fingerprint density at radius 3 is 2.85 bits per heavy atom. The summed E-state index contributed by atoms with van der Waals surface area (Å²) >= 11 is 2.62. The van der Waals surface area contributed by atoms with Crippen molar-refractivity contribution in [1.82, 2.24) is 28.7 Å². The van der Waals surface area contributed by atoms with Gasteiger partial charge in [-0.25, -0.2) is 9.67 Å². The quantitative estimate of drug-likeness (QED) is 0.553. The Labute approximate surface area is 163 Å². The average molecular weight is 400 g/mol. The highest BCUT2D eigenvalue weighted by molar-refractivity contribution is 7.22. The second kappa shape index (κ2) is 7.12. The van der Waals surface area contributed by atoms with E-state index in [-0.39, 0.29) is 11.6 Å². The third-order valence-corrected chi connectivity index (χ3v) is 5.92. The van der Waals surface area contributed by atoms with Crippen molar-refractivity contribution in [1.29, 1.82) is 0 Å². The number of hydrogen-bond acceptors (Lipinski definition) is 8. The smallest absolute Gasteiger partial charge is 0.279 e. The number of thiazole rings is 1. The lowest BCUT2D eigenvalue weighted by Gasteiger charge is -2.02. The molecule has 3 heterocycles. The lowest BCUT2D eigenvalue weighted by Crippen LogP contribution is -2.14. The highest BCUT2D eigenvalue weighted by Crippen LogP contribution is 2.27. The standard InChI is InChI=1S/C17H17N7OS2/c1-4-11-5-6-12-14(7-11)26-17(18-12)19-16(25)15-10(3)24(23-20-15)8-13-9(2)21-27-22-13/h5-7H,4,8H2,1-3H3,(H,18,19,25). The van der Waals surface area contributed by atoms with Crippen LogP contribution in [-0.4, -0.2) is 34.6 Å². The van der Waals surface area contributed by atoms with Crippen molar-refractivity contribution >= 4 is 44.3 Å². The maximum atomic E-state index is 12.6. The molecule has 0 unspecified atom stereocenters. The first-order valence-electron chi connectivity index (χ1n) is 8.44. The SMILES string of the molecule is CCc1ccc2nc(NC(=O)c3nnn(Cc4nsnc4C)c3C)sc2c1. The van der Waals surface area contributed by atoms with Gasteiger partial charge in [0.05, 0.1) is 45.6 Å². The molecule has 4 rings (SSSR count). The van der Waals surface area contributed by atoms with Gasteiger partial charge in [-0.1, -0.05) is 29.5 Å². The van der Waals surface area contributed by atoms with E-state index < -0.39 is 0 Å². The van der Waals surface area contributed by atoms with E-state index in [1.165, 1.54) is 16.9 Å². The van der Waals surface area contributed by atoms with Gasteiger partial charge >= 0.3 is 0 Å². The predicted molar refractivity (Wildman–Crippen MR) is 105 cm³/mol. The van der Waals surface area contributed by atoms with E-state index >= 15 is 0 Å². The van der Waals surface area contributed by atoms with Gasteiger partial charge < -0.3 is 0 Å². The van der Waals surface area contributed by atoms with Crippen LogP contribution in [-0.2, 0) is 13.0 Å². The van der Waals surface area contributed by atoms with Crippen LogP contribution in [0.1, 0.15) is 40.1 Å². The van der Waals surface area contributed by atoms with Crippen LogP contribution >= 0.6 is 23.1 Å². The van der Waals surface area contributed by atoms with Crippen LogP contribution in [0.3, 0.4) is 0 Å². The molecule has 0 bridgehead atoms. The minimum atomic E-state index is -0.318. The number of nitrogens with zero attached hydrogens (tertiary/aromatic N) is 6. The molecular weight excluding hydrogens is 382 g/mol. The third kappa shape index (κ3) is 3.45. The van der Waals surface area contributed by atoms with Gasteiger partial charge in [-0.15, -0.1) is 5.10 Å². The molecule has 0 atom stereocenters. The Morgan fingerprint density at radius 1 is 1.26 bits per heavy atom. The normalized spacial score (nSPS) is 11.2. The van der Waals surface area contributed by atoms with E-state index in [0.29, 0.717) is 17.4 Å². The maximum Gasteiger partial charge on any atom is 0.279 e. The fraction of sp³-hybridized carbons (Fsp3) is 0.294. The number of aryl methyl sites for hydroxylation is 2. The number of anilines is 1. The molecule has 0 radical (unpaired) electrons. The van der Waals surface area contributed by atoms with E-state index in [1.807, 2.05) is 19.9 Å². The lowest BCUT2D eigenvalue weighted by atomic mass is 10.2. The number of carbonyl (C=O) groups is 1. The molecule has 8 nitrogen and oxygen atoms in total. The van der Waals surface area contributed by atoms with Crippen LogP contribution in [0.2, 0.25) is 0 Å². The van der Waals surface area contributed by atoms with Crippen LogP contribution in [0.4, 0.5) is 5.13 Å². The topological polar surface area (TPSA) is 98.5 Å². The zero-order valence-corrected chi connectivity index (χ0v) is 16.7. The van der Waals surface area contributed by atoms with Gasteiger partial charge in [0.15, 0.2) is 10.8 Å². The monoisotopic (exact) mass is 399 g/mol. The number of amides is 1. The van der Waals surface area contributed by atoms with Crippen LogP contribution in [0.25, 0.3) is 10.2 Å². The summed E-state index contributed by atoms with van der Waals surface area (Å²) in [6, 6.07) is 6.14. The fourth-order valence-corrected chi connectivity index (χ4v) is 4.14. The Morgan fingerprint density at radius 2 is 2.11 bits per heavy atom. The molecule has 138 valence electrons. The van der Waals surface area contributed by atoms with Gasteiger partial charge in [0.1, 0.15) is 0 Å². The molecule has 27 heavy (non-hydrogen) atoms. The molecule has 4 aromatic rings. The third-order valence-electron chi connectivity index (χ3n) is 4.33. The molecule has 1 aromatic carbocycles. The lowest BCUT2D eigenvalue weighted by molar-refractivity contribution is 0.102. The Bertz CT molecular complexity index is 1130. The molecule has 0 aliphatic heterocycles. The summed E-state index contributed by atoms with van der Waals surface area (Å²) < 4.78 is 11.1. The molecule has 0 spiro atoms. The van der Waals surface area contributed by atoms with Crippen molar-refractivity contribution in [3.63, 3.8) is 0 Å². The van der Waals surface area contributed by atoms with E-state index in [9.17, 15) is 4.79 Å². The first kappa shape index (κ1) is 17.7. The minimum Gasteiger partial charge on any atom is -0.296 e. The van der Waals surface area contributed by atoms with Crippen LogP contribution in [0.5, 0.6) is 0 Å². The molecule has 0 aliphatic rings. The molecule has 0 fully saturated rings. The Kier molecular flexibility index (Phi) is 4.66. The van der Waals surface area contributed by atoms with Crippen molar-refractivity contribution in [2.24, 2.45) is 0 Å². The van der Waals surface area contributed by atoms with Gasteiger partial charge in [-0.3, -0.25) is 10.1 Å². The van der Waals surface area contributed by atoms with Crippen LogP contribution in [0.15, 0.2) is 18.2 Å². The van der Waals surface area contributed by atoms with Crippen molar-refractivity contribution < 1.29 is 4.79 Å². The zero-order chi connectivity index (χ0) is 19.0. The molecule has 1 N–H and O–H groups in total. The summed E-state index contributed by atoms with van der Waals surface area (Å²) in [7, 11) is 0. The zero-order valence-electron chi connectivity index (χ0n) is 15.1.